The van der Waals surface area contributed by atoms with Gasteiger partial charge in [-0.2, -0.15) is 52.7 Å². The minimum atomic E-state index is -4.51. The van der Waals surface area contributed by atoms with Crippen molar-refractivity contribution < 1.29 is 67.8 Å². The molecule has 2 rings (SSSR count). The monoisotopic (exact) mass is 886 g/mol. The summed E-state index contributed by atoms with van der Waals surface area (Å²) >= 11 is 0. The van der Waals surface area contributed by atoms with Crippen molar-refractivity contribution in [3.05, 3.63) is 0 Å². The van der Waals surface area contributed by atoms with Crippen molar-refractivity contribution in [1.29, 1.82) is 0 Å². The maximum atomic E-state index is 11.5. The Kier molecular flexibility index (Phi) is 33.4. The minimum absolute atomic E-state index is 0.0556. The molecule has 2 aliphatic rings. The van der Waals surface area contributed by atoms with Crippen LogP contribution in [0.3, 0.4) is 0 Å². The molecule has 0 bridgehead atoms. The van der Waals surface area contributed by atoms with Gasteiger partial charge >= 0.3 is 24.7 Å². The first-order valence-corrected chi connectivity index (χ1v) is 20.2. The lowest BCUT2D eigenvalue weighted by molar-refractivity contribution is -0.170. The summed E-state index contributed by atoms with van der Waals surface area (Å²) in [7, 11) is 0. The number of halogens is 12. The molecule has 0 aromatic heterocycles. The third kappa shape index (κ3) is 124. The molecule has 1 atom stereocenters. The molecular formula is C46H94F12. The van der Waals surface area contributed by atoms with Gasteiger partial charge in [-0.1, -0.05) is 202 Å². The third-order valence-corrected chi connectivity index (χ3v) is 6.93. The van der Waals surface area contributed by atoms with Crippen LogP contribution in [0.2, 0.25) is 0 Å². The van der Waals surface area contributed by atoms with Crippen molar-refractivity contribution in [2.75, 3.05) is 0 Å². The van der Waals surface area contributed by atoms with Crippen molar-refractivity contribution in [2.24, 2.45) is 46.7 Å². The van der Waals surface area contributed by atoms with E-state index in [-0.39, 0.29) is 41.9 Å². The molecule has 0 N–H and O–H groups in total. The molecule has 1 unspecified atom stereocenters. The Hall–Kier alpha value is -0.840. The summed E-state index contributed by atoms with van der Waals surface area (Å²) in [5.74, 6) is -3.19. The molecule has 0 amide bonds. The molecule has 0 saturated heterocycles. The van der Waals surface area contributed by atoms with E-state index in [1.807, 2.05) is 69.2 Å². The molecule has 2 aliphatic carbocycles. The first kappa shape index (κ1) is 48.2. The molecule has 0 nitrogen and oxygen atoms in total. The second-order valence-corrected chi connectivity index (χ2v) is 17.0. The van der Waals surface area contributed by atoms with Crippen molar-refractivity contribution in [2.45, 2.75) is 252 Å². The predicted octanol–water partition coefficient (Wildman–Crippen LogP) is 20.7. The van der Waals surface area contributed by atoms with Gasteiger partial charge in [0.15, 0.2) is 0 Å². The van der Waals surface area contributed by atoms with E-state index in [0.717, 1.165) is 32.6 Å². The second-order valence-electron chi connectivity index (χ2n) is 17.0. The van der Waals surface area contributed by atoms with E-state index >= 15 is 0 Å². The van der Waals surface area contributed by atoms with Crippen LogP contribution < -0.4 is 0 Å². The molecule has 0 aliphatic heterocycles. The van der Waals surface area contributed by atoms with E-state index in [4.69, 9.17) is 15.1 Å². The van der Waals surface area contributed by atoms with Gasteiger partial charge in [-0.15, -0.1) is 0 Å². The smallest absolute Gasteiger partial charge is 0.172 e. The Labute approximate surface area is 367 Å². The molecule has 2 fully saturated rings. The van der Waals surface area contributed by atoms with E-state index in [2.05, 4.69) is 0 Å². The highest BCUT2D eigenvalue weighted by atomic mass is 19.4. The van der Waals surface area contributed by atoms with Gasteiger partial charge in [0.25, 0.3) is 0 Å². The fourth-order valence-electron chi connectivity index (χ4n) is 3.54. The summed E-state index contributed by atoms with van der Waals surface area (Å²) < 4.78 is 212. The number of hydrogen-bond acceptors (Lipinski definition) is 0. The zero-order valence-corrected chi connectivity index (χ0v) is 39.5. The predicted molar refractivity (Wildman–Crippen MR) is 228 cm³/mol. The summed E-state index contributed by atoms with van der Waals surface area (Å²) in [6.07, 6.45) is -10.9. The highest BCUT2D eigenvalue weighted by molar-refractivity contribution is 4.64. The van der Waals surface area contributed by atoms with Crippen LogP contribution in [-0.4, -0.2) is 24.7 Å². The van der Waals surface area contributed by atoms with E-state index in [0.29, 0.717) is 6.42 Å². The van der Waals surface area contributed by atoms with Crippen LogP contribution in [0, 0.1) is 46.7 Å². The van der Waals surface area contributed by atoms with Gasteiger partial charge in [0, 0.05) is 41.3 Å². The lowest BCUT2D eigenvalue weighted by Gasteiger charge is -2.15. The summed E-state index contributed by atoms with van der Waals surface area (Å²) in [6, 6.07) is 0. The summed E-state index contributed by atoms with van der Waals surface area (Å²) in [6.45, 7) is 27.4. The topological polar surface area (TPSA) is 0 Å². The quantitative estimate of drug-likeness (QED) is 0.241. The SMILES string of the molecule is CC(CC(F)(F)F)CC(F)(F)F.CC(F)(F)F.CCC(C)CC(F)(F)F.[2H]C(C)(C)C.[2H]C([2H])(C)C(C)(C)C.[2H]C([2H])(C)C(C)C.[2H]C([2H])([2H])C([2H])(C)C.[2H]C1(C)CCCC1.[2H]C1(C)CCCCC1. The molecule has 362 valence electrons. The van der Waals surface area contributed by atoms with Gasteiger partial charge in [-0.25, -0.2) is 0 Å². The van der Waals surface area contributed by atoms with Crippen molar-refractivity contribution in [3.8, 4) is 0 Å². The number of hydrogen-bond donors (Lipinski definition) is 0. The van der Waals surface area contributed by atoms with Crippen LogP contribution in [0.15, 0.2) is 0 Å². The summed E-state index contributed by atoms with van der Waals surface area (Å²) in [5.41, 5.74) is -0.229. The van der Waals surface area contributed by atoms with E-state index < -0.39 is 75.4 Å². The van der Waals surface area contributed by atoms with E-state index in [1.54, 1.807) is 27.7 Å². The van der Waals surface area contributed by atoms with Crippen LogP contribution in [0.5, 0.6) is 0 Å². The average molecular weight is 886 g/mol. The van der Waals surface area contributed by atoms with Gasteiger partial charge in [-0.05, 0) is 46.7 Å². The van der Waals surface area contributed by atoms with Crippen LogP contribution >= 0.6 is 0 Å². The zero-order chi connectivity index (χ0) is 57.9. The Morgan fingerprint density at radius 1 is 0.534 bits per heavy atom. The molecule has 0 heterocycles. The second kappa shape index (κ2) is 40.2. The van der Waals surface area contributed by atoms with Crippen molar-refractivity contribution >= 4 is 0 Å². The minimum Gasteiger partial charge on any atom is -0.172 e. The Morgan fingerprint density at radius 3 is 0.845 bits per heavy atom. The summed E-state index contributed by atoms with van der Waals surface area (Å²) in [5, 5.41) is 0. The van der Waals surface area contributed by atoms with Gasteiger partial charge in [0.05, 0.1) is 0 Å². The summed E-state index contributed by atoms with van der Waals surface area (Å²) in [4.78, 5) is 0. The first-order chi connectivity index (χ1) is 29.4. The molecule has 2 saturated carbocycles. The fourth-order valence-corrected chi connectivity index (χ4v) is 3.54. The number of rotatable bonds is 5. The molecular weight excluding hydrogens is 780 g/mol. The lowest BCUT2D eigenvalue weighted by Crippen LogP contribution is -2.19. The molecule has 0 aromatic rings. The molecule has 12 heteroatoms. The molecule has 0 spiro atoms. The normalized spacial score (nSPS) is 20.3. The third-order valence-electron chi connectivity index (χ3n) is 6.93. The Bertz CT molecular complexity index is 1110. The fraction of sp³-hybridized carbons (Fsp3) is 1.00. The largest absolute Gasteiger partial charge is 0.389 e. The van der Waals surface area contributed by atoms with Crippen LogP contribution in [0.1, 0.15) is 243 Å². The maximum absolute atomic E-state index is 11.5. The maximum Gasteiger partial charge on any atom is 0.389 e. The average Bonchev–Trinajstić information content (AvgIpc) is 3.39. The van der Waals surface area contributed by atoms with E-state index in [1.165, 1.54) is 46.0 Å². The van der Waals surface area contributed by atoms with Gasteiger partial charge in [-0.3, -0.25) is 0 Å². The Balaban J connectivity index is -0.000000127. The standard InChI is InChI=1S/C7H14.C6H8F6.C6H11F3.C6H12.C6H14.C5H12.2C4H10.C2H3F3/c1-7-5-3-2-4-6-7;1-4(2-5(7,8)9)3-6(10,11)12;1-3-5(2)4-6(7,8)9;1-6-4-2-3-5-6;1-5-6(2,3)4;1-4-5(2)3;2*1-4(2)3;1-2(3,4)5/h7H,2-6H2,1H3;4H,2-3H2,1H3;5H,3-4H2,1-2H3;6H,2-5H2,1H3;5H2,1-4H3;5H,4H2,1-3H3;2*4H,1-3H3;1H3/i7D;;;6D;5D2;4D2;1D3,4D;4D;. The van der Waals surface area contributed by atoms with Gasteiger partial charge < -0.3 is 0 Å². The van der Waals surface area contributed by atoms with Gasteiger partial charge in [0.2, 0.25) is 0 Å². The lowest BCUT2D eigenvalue weighted by atomic mass is 9.91. The molecule has 0 aromatic carbocycles. The Morgan fingerprint density at radius 2 is 0.741 bits per heavy atom. The highest BCUT2D eigenvalue weighted by Crippen LogP contribution is 2.32. The van der Waals surface area contributed by atoms with E-state index in [9.17, 15) is 52.7 Å². The van der Waals surface area contributed by atoms with Crippen LogP contribution in [0.4, 0.5) is 52.7 Å². The van der Waals surface area contributed by atoms with Crippen LogP contribution in [0.25, 0.3) is 0 Å². The molecule has 0 radical (unpaired) electrons. The van der Waals surface area contributed by atoms with Crippen LogP contribution in [-0.2, 0) is 0 Å². The van der Waals surface area contributed by atoms with Crippen molar-refractivity contribution in [1.82, 2.24) is 0 Å². The number of alkyl halides is 12. The van der Waals surface area contributed by atoms with Gasteiger partial charge in [0.1, 0.15) is 0 Å². The first-order valence-electron chi connectivity index (χ1n) is 25.7. The molecule has 58 heavy (non-hydrogen) atoms. The zero-order valence-electron chi connectivity index (χ0n) is 50.5. The highest BCUT2D eigenvalue weighted by Gasteiger charge is 2.36. The van der Waals surface area contributed by atoms with Crippen molar-refractivity contribution in [3.63, 3.8) is 0 Å².